The molecule has 0 fully saturated rings. The summed E-state index contributed by atoms with van der Waals surface area (Å²) in [6.45, 7) is 1.57. The minimum atomic E-state index is -0.455. The van der Waals surface area contributed by atoms with Crippen molar-refractivity contribution in [3.8, 4) is 0 Å². The maximum atomic E-state index is 13.2. The predicted octanol–water partition coefficient (Wildman–Crippen LogP) is 2.08. The SMILES string of the molecule is COCC(O)CCNCc1cccc(F)c1Br. The second kappa shape index (κ2) is 7.76. The van der Waals surface area contributed by atoms with Gasteiger partial charge >= 0.3 is 0 Å². The van der Waals surface area contributed by atoms with Crippen molar-refractivity contribution in [2.24, 2.45) is 0 Å². The van der Waals surface area contributed by atoms with Crippen LogP contribution in [0.3, 0.4) is 0 Å². The van der Waals surface area contributed by atoms with Crippen LogP contribution in [-0.4, -0.2) is 31.5 Å². The normalized spacial score (nSPS) is 12.7. The van der Waals surface area contributed by atoms with Gasteiger partial charge in [0.05, 0.1) is 17.2 Å². The van der Waals surface area contributed by atoms with E-state index >= 15 is 0 Å². The summed E-state index contributed by atoms with van der Waals surface area (Å²) >= 11 is 3.20. The first-order valence-electron chi connectivity index (χ1n) is 5.45. The first-order chi connectivity index (χ1) is 8.15. The van der Waals surface area contributed by atoms with Crippen molar-refractivity contribution in [3.05, 3.63) is 34.1 Å². The molecule has 96 valence electrons. The Bertz CT molecular complexity index is 349. The first kappa shape index (κ1) is 14.6. The van der Waals surface area contributed by atoms with Crippen molar-refractivity contribution in [3.63, 3.8) is 0 Å². The Morgan fingerprint density at radius 2 is 2.29 bits per heavy atom. The Balaban J connectivity index is 2.29. The van der Waals surface area contributed by atoms with Gasteiger partial charge in [0, 0.05) is 13.7 Å². The van der Waals surface area contributed by atoms with Gasteiger partial charge in [-0.3, -0.25) is 0 Å². The summed E-state index contributed by atoms with van der Waals surface area (Å²) in [6, 6.07) is 4.94. The van der Waals surface area contributed by atoms with Crippen molar-refractivity contribution in [1.82, 2.24) is 5.32 Å². The molecule has 0 bridgehead atoms. The number of halogens is 2. The molecule has 0 amide bonds. The number of ether oxygens (including phenoxy) is 1. The topological polar surface area (TPSA) is 41.5 Å². The van der Waals surface area contributed by atoms with E-state index in [1.54, 1.807) is 13.2 Å². The van der Waals surface area contributed by atoms with Gasteiger partial charge < -0.3 is 15.2 Å². The van der Waals surface area contributed by atoms with E-state index in [1.807, 2.05) is 6.07 Å². The molecule has 0 radical (unpaired) electrons. The summed E-state index contributed by atoms with van der Waals surface area (Å²) in [5, 5.41) is 12.6. The highest BCUT2D eigenvalue weighted by Gasteiger charge is 2.05. The van der Waals surface area contributed by atoms with Crippen LogP contribution in [0.15, 0.2) is 22.7 Å². The molecule has 0 aliphatic rings. The van der Waals surface area contributed by atoms with Crippen LogP contribution < -0.4 is 5.32 Å². The third-order valence-electron chi connectivity index (χ3n) is 2.36. The summed E-state index contributed by atoms with van der Waals surface area (Å²) < 4.78 is 18.5. The summed E-state index contributed by atoms with van der Waals surface area (Å²) in [7, 11) is 1.56. The lowest BCUT2D eigenvalue weighted by molar-refractivity contribution is 0.0594. The number of nitrogens with one attached hydrogen (secondary N) is 1. The highest BCUT2D eigenvalue weighted by Crippen LogP contribution is 2.19. The zero-order valence-electron chi connectivity index (χ0n) is 9.75. The summed E-state index contributed by atoms with van der Waals surface area (Å²) in [5.41, 5.74) is 0.867. The largest absolute Gasteiger partial charge is 0.391 e. The molecule has 1 rings (SSSR count). The number of methoxy groups -OCH3 is 1. The van der Waals surface area contributed by atoms with Crippen molar-refractivity contribution in [1.29, 1.82) is 0 Å². The molecule has 0 saturated carbocycles. The molecule has 1 unspecified atom stereocenters. The molecule has 0 spiro atoms. The molecular weight excluding hydrogens is 289 g/mol. The Labute approximate surface area is 109 Å². The Morgan fingerprint density at radius 1 is 1.53 bits per heavy atom. The Morgan fingerprint density at radius 3 is 3.00 bits per heavy atom. The van der Waals surface area contributed by atoms with Gasteiger partial charge in [0.15, 0.2) is 0 Å². The van der Waals surface area contributed by atoms with E-state index in [0.29, 0.717) is 30.6 Å². The lowest BCUT2D eigenvalue weighted by atomic mass is 10.2. The second-order valence-electron chi connectivity index (χ2n) is 3.79. The van der Waals surface area contributed by atoms with E-state index in [2.05, 4.69) is 21.2 Å². The minimum Gasteiger partial charge on any atom is -0.391 e. The van der Waals surface area contributed by atoms with Gasteiger partial charge in [-0.1, -0.05) is 12.1 Å². The zero-order valence-corrected chi connectivity index (χ0v) is 11.3. The number of hydrogen-bond donors (Lipinski definition) is 2. The molecule has 5 heteroatoms. The number of aliphatic hydroxyl groups excluding tert-OH is 1. The standard InChI is InChI=1S/C12H17BrFNO2/c1-17-8-10(16)5-6-15-7-9-3-2-4-11(14)12(9)13/h2-4,10,15-16H,5-8H2,1H3. The van der Waals surface area contributed by atoms with E-state index in [4.69, 9.17) is 4.74 Å². The van der Waals surface area contributed by atoms with Crippen LogP contribution in [0.1, 0.15) is 12.0 Å². The van der Waals surface area contributed by atoms with Gasteiger partial charge in [0.25, 0.3) is 0 Å². The quantitative estimate of drug-likeness (QED) is 0.758. The zero-order chi connectivity index (χ0) is 12.7. The number of hydrogen-bond acceptors (Lipinski definition) is 3. The first-order valence-corrected chi connectivity index (χ1v) is 6.25. The van der Waals surface area contributed by atoms with Crippen LogP contribution in [0.25, 0.3) is 0 Å². The van der Waals surface area contributed by atoms with Crippen molar-refractivity contribution >= 4 is 15.9 Å². The summed E-state index contributed by atoms with van der Waals surface area (Å²) in [6.07, 6.45) is 0.157. The molecule has 2 N–H and O–H groups in total. The van der Waals surface area contributed by atoms with Crippen LogP contribution in [-0.2, 0) is 11.3 Å². The van der Waals surface area contributed by atoms with Crippen LogP contribution in [0.2, 0.25) is 0 Å². The van der Waals surface area contributed by atoms with E-state index < -0.39 is 6.10 Å². The Hall–Kier alpha value is -0.490. The molecular formula is C12H17BrFNO2. The molecule has 1 aromatic carbocycles. The molecule has 3 nitrogen and oxygen atoms in total. The lowest BCUT2D eigenvalue weighted by Crippen LogP contribution is -2.23. The number of rotatable bonds is 7. The fourth-order valence-electron chi connectivity index (χ4n) is 1.45. The maximum Gasteiger partial charge on any atom is 0.137 e. The average molecular weight is 306 g/mol. The van der Waals surface area contributed by atoms with Gasteiger partial charge in [-0.25, -0.2) is 4.39 Å². The molecule has 0 heterocycles. The van der Waals surface area contributed by atoms with Crippen molar-refractivity contribution in [2.75, 3.05) is 20.3 Å². The molecule has 0 aliphatic carbocycles. The van der Waals surface area contributed by atoms with Crippen LogP contribution in [0.5, 0.6) is 0 Å². The van der Waals surface area contributed by atoms with E-state index in [-0.39, 0.29) is 5.82 Å². The fraction of sp³-hybridized carbons (Fsp3) is 0.500. The monoisotopic (exact) mass is 305 g/mol. The highest BCUT2D eigenvalue weighted by molar-refractivity contribution is 9.10. The smallest absolute Gasteiger partial charge is 0.137 e. The second-order valence-corrected chi connectivity index (χ2v) is 4.58. The van der Waals surface area contributed by atoms with Gasteiger partial charge in [0.1, 0.15) is 5.82 Å². The van der Waals surface area contributed by atoms with E-state index in [0.717, 1.165) is 5.56 Å². The highest BCUT2D eigenvalue weighted by atomic mass is 79.9. The fourth-order valence-corrected chi connectivity index (χ4v) is 1.86. The predicted molar refractivity (Wildman–Crippen MR) is 68.3 cm³/mol. The van der Waals surface area contributed by atoms with Crippen molar-refractivity contribution < 1.29 is 14.2 Å². The minimum absolute atomic E-state index is 0.260. The average Bonchev–Trinajstić information content (AvgIpc) is 2.30. The van der Waals surface area contributed by atoms with Crippen molar-refractivity contribution in [2.45, 2.75) is 19.1 Å². The van der Waals surface area contributed by atoms with Gasteiger partial charge in [0.2, 0.25) is 0 Å². The van der Waals surface area contributed by atoms with Gasteiger partial charge in [-0.15, -0.1) is 0 Å². The van der Waals surface area contributed by atoms with Crippen LogP contribution in [0.4, 0.5) is 4.39 Å². The molecule has 0 aromatic heterocycles. The third-order valence-corrected chi connectivity index (χ3v) is 3.25. The van der Waals surface area contributed by atoms with E-state index in [1.165, 1.54) is 6.07 Å². The van der Waals surface area contributed by atoms with E-state index in [9.17, 15) is 9.50 Å². The number of aliphatic hydroxyl groups is 1. The molecule has 1 atom stereocenters. The lowest BCUT2D eigenvalue weighted by Gasteiger charge is -2.11. The third kappa shape index (κ3) is 5.12. The van der Waals surface area contributed by atoms with Crippen LogP contribution in [0, 0.1) is 5.82 Å². The molecule has 17 heavy (non-hydrogen) atoms. The van der Waals surface area contributed by atoms with Gasteiger partial charge in [-0.05, 0) is 40.5 Å². The number of benzene rings is 1. The molecule has 0 aliphatic heterocycles. The summed E-state index contributed by atoms with van der Waals surface area (Å²) in [4.78, 5) is 0. The molecule has 1 aromatic rings. The van der Waals surface area contributed by atoms with Crippen LogP contribution >= 0.6 is 15.9 Å². The summed E-state index contributed by atoms with van der Waals surface area (Å²) in [5.74, 6) is -0.260. The Kier molecular flexibility index (Phi) is 6.65. The van der Waals surface area contributed by atoms with Gasteiger partial charge in [-0.2, -0.15) is 0 Å². The molecule has 0 saturated heterocycles. The maximum absolute atomic E-state index is 13.2.